The number of hydrogen-bond donors (Lipinski definition) is 1. The van der Waals surface area contributed by atoms with E-state index < -0.39 is 0 Å². The Balaban J connectivity index is 1.87. The van der Waals surface area contributed by atoms with Gasteiger partial charge in [-0.3, -0.25) is 9.69 Å². The van der Waals surface area contributed by atoms with Crippen molar-refractivity contribution in [1.82, 2.24) is 9.80 Å². The molecule has 0 spiro atoms. The van der Waals surface area contributed by atoms with E-state index in [9.17, 15) is 4.79 Å². The van der Waals surface area contributed by atoms with Crippen LogP contribution in [0.1, 0.15) is 45.4 Å². The standard InChI is InChI=1S/C14H27N3O/c1-2-6-13(15)14(18)17-10-5-7-12(11-17)16-8-3-4-9-16/h12-13H,2-11,15H2,1H3/t12?,13-/m0/s1. The molecule has 2 N–H and O–H groups in total. The zero-order valence-electron chi connectivity index (χ0n) is 11.6. The highest BCUT2D eigenvalue weighted by molar-refractivity contribution is 5.81. The second-order valence-electron chi connectivity index (χ2n) is 5.72. The number of nitrogens with zero attached hydrogens (tertiary/aromatic N) is 2. The lowest BCUT2D eigenvalue weighted by molar-refractivity contribution is -0.134. The van der Waals surface area contributed by atoms with Gasteiger partial charge in [-0.05, 0) is 45.2 Å². The van der Waals surface area contributed by atoms with Crippen molar-refractivity contribution >= 4 is 5.91 Å². The second kappa shape index (κ2) is 6.53. The van der Waals surface area contributed by atoms with Gasteiger partial charge in [0.05, 0.1) is 6.04 Å². The topological polar surface area (TPSA) is 49.6 Å². The average Bonchev–Trinajstić information content (AvgIpc) is 2.92. The molecule has 2 heterocycles. The maximum atomic E-state index is 12.2. The van der Waals surface area contributed by atoms with Crippen LogP contribution in [0.2, 0.25) is 0 Å². The van der Waals surface area contributed by atoms with E-state index in [4.69, 9.17) is 5.73 Å². The van der Waals surface area contributed by atoms with Crippen LogP contribution in [0, 0.1) is 0 Å². The molecule has 0 bridgehead atoms. The molecule has 104 valence electrons. The van der Waals surface area contributed by atoms with Crippen molar-refractivity contribution in [2.75, 3.05) is 26.2 Å². The fourth-order valence-electron chi connectivity index (χ4n) is 3.23. The Morgan fingerprint density at radius 1 is 1.28 bits per heavy atom. The Kier molecular flexibility index (Phi) is 5.01. The van der Waals surface area contributed by atoms with E-state index in [0.717, 1.165) is 32.4 Å². The first-order valence-electron chi connectivity index (χ1n) is 7.50. The Bertz CT molecular complexity index is 276. The van der Waals surface area contributed by atoms with Gasteiger partial charge in [0.1, 0.15) is 0 Å². The first-order valence-corrected chi connectivity index (χ1v) is 7.50. The highest BCUT2D eigenvalue weighted by atomic mass is 16.2. The molecule has 2 fully saturated rings. The average molecular weight is 253 g/mol. The molecule has 1 amide bonds. The zero-order valence-corrected chi connectivity index (χ0v) is 11.6. The minimum atomic E-state index is -0.285. The summed E-state index contributed by atoms with van der Waals surface area (Å²) in [5.41, 5.74) is 5.95. The molecule has 2 atom stereocenters. The van der Waals surface area contributed by atoms with Crippen LogP contribution in [0.15, 0.2) is 0 Å². The van der Waals surface area contributed by atoms with Crippen LogP contribution >= 0.6 is 0 Å². The molecule has 2 saturated heterocycles. The molecule has 4 nitrogen and oxygen atoms in total. The Hall–Kier alpha value is -0.610. The SMILES string of the molecule is CCC[C@H](N)C(=O)N1CCCC(N2CCCC2)C1. The maximum Gasteiger partial charge on any atom is 0.239 e. The molecule has 0 saturated carbocycles. The van der Waals surface area contributed by atoms with Crippen molar-refractivity contribution in [3.05, 3.63) is 0 Å². The number of hydrogen-bond acceptors (Lipinski definition) is 3. The summed E-state index contributed by atoms with van der Waals surface area (Å²) in [7, 11) is 0. The molecule has 0 aromatic rings. The van der Waals surface area contributed by atoms with E-state index in [0.29, 0.717) is 6.04 Å². The number of carbonyl (C=O) groups is 1. The van der Waals surface area contributed by atoms with Gasteiger partial charge in [-0.25, -0.2) is 0 Å². The third kappa shape index (κ3) is 3.23. The molecule has 2 rings (SSSR count). The van der Waals surface area contributed by atoms with E-state index in [1.165, 1.54) is 32.4 Å². The van der Waals surface area contributed by atoms with E-state index in [1.54, 1.807) is 0 Å². The van der Waals surface area contributed by atoms with Gasteiger partial charge < -0.3 is 10.6 Å². The lowest BCUT2D eigenvalue weighted by Gasteiger charge is -2.38. The van der Waals surface area contributed by atoms with Gasteiger partial charge in [-0.2, -0.15) is 0 Å². The van der Waals surface area contributed by atoms with Crippen molar-refractivity contribution < 1.29 is 4.79 Å². The second-order valence-corrected chi connectivity index (χ2v) is 5.72. The quantitative estimate of drug-likeness (QED) is 0.819. The molecule has 1 unspecified atom stereocenters. The first kappa shape index (κ1) is 13.8. The van der Waals surface area contributed by atoms with Crippen molar-refractivity contribution in [3.8, 4) is 0 Å². The molecule has 0 aromatic carbocycles. The van der Waals surface area contributed by atoms with Gasteiger partial charge in [0.25, 0.3) is 0 Å². The van der Waals surface area contributed by atoms with Gasteiger partial charge in [0, 0.05) is 19.1 Å². The van der Waals surface area contributed by atoms with E-state index in [2.05, 4.69) is 11.8 Å². The van der Waals surface area contributed by atoms with Crippen molar-refractivity contribution in [2.45, 2.75) is 57.5 Å². The molecule has 0 aliphatic carbocycles. The number of nitrogens with two attached hydrogens (primary N) is 1. The predicted octanol–water partition coefficient (Wildman–Crippen LogP) is 1.20. The van der Waals surface area contributed by atoms with Crippen molar-refractivity contribution in [1.29, 1.82) is 0 Å². The summed E-state index contributed by atoms with van der Waals surface area (Å²) < 4.78 is 0. The van der Waals surface area contributed by atoms with Crippen LogP contribution in [-0.2, 0) is 4.79 Å². The van der Waals surface area contributed by atoms with Gasteiger partial charge in [-0.15, -0.1) is 0 Å². The number of rotatable bonds is 4. The molecule has 0 radical (unpaired) electrons. The number of piperidine rings is 1. The van der Waals surface area contributed by atoms with Gasteiger partial charge in [0.2, 0.25) is 5.91 Å². The lowest BCUT2D eigenvalue weighted by atomic mass is 10.0. The predicted molar refractivity (Wildman–Crippen MR) is 73.3 cm³/mol. The largest absolute Gasteiger partial charge is 0.340 e. The monoisotopic (exact) mass is 253 g/mol. The van der Waals surface area contributed by atoms with E-state index >= 15 is 0 Å². The van der Waals surface area contributed by atoms with E-state index in [-0.39, 0.29) is 11.9 Å². The van der Waals surface area contributed by atoms with Crippen LogP contribution in [0.5, 0.6) is 0 Å². The fourth-order valence-corrected chi connectivity index (χ4v) is 3.23. The highest BCUT2D eigenvalue weighted by Crippen LogP contribution is 2.21. The van der Waals surface area contributed by atoms with Crippen LogP contribution < -0.4 is 5.73 Å². The minimum Gasteiger partial charge on any atom is -0.340 e. The van der Waals surface area contributed by atoms with E-state index in [1.807, 2.05) is 4.90 Å². The number of amides is 1. The third-order valence-corrected chi connectivity index (χ3v) is 4.28. The molecule has 2 aliphatic heterocycles. The summed E-state index contributed by atoms with van der Waals surface area (Å²) in [6.07, 6.45) is 6.80. The first-order chi connectivity index (χ1) is 8.72. The third-order valence-electron chi connectivity index (χ3n) is 4.28. The summed E-state index contributed by atoms with van der Waals surface area (Å²) in [5.74, 6) is 0.167. The molecular formula is C14H27N3O. The lowest BCUT2D eigenvalue weighted by Crippen LogP contribution is -2.53. The summed E-state index contributed by atoms with van der Waals surface area (Å²) in [6.45, 7) is 6.31. The Labute approximate surface area is 110 Å². The minimum absolute atomic E-state index is 0.167. The number of carbonyl (C=O) groups excluding carboxylic acids is 1. The smallest absolute Gasteiger partial charge is 0.239 e. The molecule has 4 heteroatoms. The Morgan fingerprint density at radius 3 is 2.67 bits per heavy atom. The molecule has 0 aromatic heterocycles. The number of likely N-dealkylation sites (tertiary alicyclic amines) is 2. The van der Waals surface area contributed by atoms with Crippen molar-refractivity contribution in [3.63, 3.8) is 0 Å². The highest BCUT2D eigenvalue weighted by Gasteiger charge is 2.30. The van der Waals surface area contributed by atoms with Crippen LogP contribution in [0.3, 0.4) is 0 Å². The zero-order chi connectivity index (χ0) is 13.0. The van der Waals surface area contributed by atoms with Gasteiger partial charge in [0.15, 0.2) is 0 Å². The normalized spacial score (nSPS) is 27.4. The summed E-state index contributed by atoms with van der Waals surface area (Å²) in [6, 6.07) is 0.298. The van der Waals surface area contributed by atoms with Crippen LogP contribution in [-0.4, -0.2) is 54.0 Å². The van der Waals surface area contributed by atoms with Crippen LogP contribution in [0.4, 0.5) is 0 Å². The van der Waals surface area contributed by atoms with Gasteiger partial charge in [-0.1, -0.05) is 13.3 Å². The summed E-state index contributed by atoms with van der Waals surface area (Å²) in [5, 5.41) is 0. The van der Waals surface area contributed by atoms with Crippen molar-refractivity contribution in [2.24, 2.45) is 5.73 Å². The molecule has 2 aliphatic rings. The molecular weight excluding hydrogens is 226 g/mol. The Morgan fingerprint density at radius 2 is 2.00 bits per heavy atom. The van der Waals surface area contributed by atoms with Gasteiger partial charge >= 0.3 is 0 Å². The summed E-state index contributed by atoms with van der Waals surface area (Å²) in [4.78, 5) is 16.8. The maximum absolute atomic E-state index is 12.2. The molecule has 18 heavy (non-hydrogen) atoms. The fraction of sp³-hybridized carbons (Fsp3) is 0.929. The van der Waals surface area contributed by atoms with Crippen LogP contribution in [0.25, 0.3) is 0 Å². The summed E-state index contributed by atoms with van der Waals surface area (Å²) >= 11 is 0.